The maximum absolute atomic E-state index is 7.61. The monoisotopic (exact) mass is 314 g/mol. The average molecular weight is 315 g/mol. The number of amidine groups is 1. The van der Waals surface area contributed by atoms with E-state index in [1.807, 2.05) is 18.2 Å². The number of halogens is 1. The van der Waals surface area contributed by atoms with Crippen molar-refractivity contribution in [1.82, 2.24) is 0 Å². The lowest BCUT2D eigenvalue weighted by Crippen LogP contribution is -2.18. The Hall–Kier alpha value is -0.520. The first kappa shape index (κ1) is 12.9. The van der Waals surface area contributed by atoms with Crippen molar-refractivity contribution in [2.45, 2.75) is 23.0 Å². The lowest BCUT2D eigenvalue weighted by Gasteiger charge is -2.22. The van der Waals surface area contributed by atoms with Crippen molar-refractivity contribution in [3.8, 4) is 0 Å². The second-order valence-electron chi connectivity index (χ2n) is 3.98. The molecule has 1 saturated heterocycles. The number of hydrogen-bond acceptors (Lipinski definition) is 3. The van der Waals surface area contributed by atoms with Crippen molar-refractivity contribution >= 4 is 33.5 Å². The van der Waals surface area contributed by atoms with Crippen LogP contribution < -0.4 is 5.73 Å². The van der Waals surface area contributed by atoms with Gasteiger partial charge in [0, 0.05) is 33.4 Å². The first-order valence-corrected chi connectivity index (χ1v) is 7.22. The molecule has 0 aliphatic carbocycles. The van der Waals surface area contributed by atoms with Crippen LogP contribution in [-0.2, 0) is 4.74 Å². The number of nitrogens with one attached hydrogen (secondary N) is 1. The fraction of sp³-hybridized carbons (Fsp3) is 0.417. The van der Waals surface area contributed by atoms with Gasteiger partial charge in [-0.25, -0.2) is 0 Å². The van der Waals surface area contributed by atoms with Crippen molar-refractivity contribution in [3.05, 3.63) is 28.2 Å². The van der Waals surface area contributed by atoms with Crippen LogP contribution in [0.5, 0.6) is 0 Å². The number of hydrogen-bond donors (Lipinski definition) is 2. The molecule has 0 saturated carbocycles. The smallest absolute Gasteiger partial charge is 0.123 e. The number of nitrogen functional groups attached to an aromatic ring is 1. The van der Waals surface area contributed by atoms with Crippen LogP contribution in [0.4, 0.5) is 0 Å². The molecule has 0 unspecified atom stereocenters. The van der Waals surface area contributed by atoms with Gasteiger partial charge in [-0.2, -0.15) is 0 Å². The molecule has 2 rings (SSSR count). The van der Waals surface area contributed by atoms with E-state index in [2.05, 4.69) is 15.9 Å². The Kier molecular flexibility index (Phi) is 4.48. The van der Waals surface area contributed by atoms with Gasteiger partial charge >= 0.3 is 0 Å². The molecule has 0 radical (unpaired) electrons. The SMILES string of the molecule is N=C(N)c1cc(Br)ccc1SC1CCOCC1. The zero-order valence-corrected chi connectivity index (χ0v) is 11.8. The summed E-state index contributed by atoms with van der Waals surface area (Å²) in [5.41, 5.74) is 6.43. The number of ether oxygens (including phenoxy) is 1. The van der Waals surface area contributed by atoms with Crippen molar-refractivity contribution < 1.29 is 4.74 Å². The van der Waals surface area contributed by atoms with Crippen LogP contribution in [-0.4, -0.2) is 24.3 Å². The van der Waals surface area contributed by atoms with E-state index in [0.717, 1.165) is 41.0 Å². The molecule has 1 heterocycles. The quantitative estimate of drug-likeness (QED) is 0.666. The number of thioether (sulfide) groups is 1. The second-order valence-corrected chi connectivity index (χ2v) is 6.24. The number of rotatable bonds is 3. The van der Waals surface area contributed by atoms with Gasteiger partial charge < -0.3 is 10.5 Å². The summed E-state index contributed by atoms with van der Waals surface area (Å²) in [4.78, 5) is 1.09. The third kappa shape index (κ3) is 3.47. The topological polar surface area (TPSA) is 59.1 Å². The molecule has 0 spiro atoms. The Morgan fingerprint density at radius 2 is 2.12 bits per heavy atom. The van der Waals surface area contributed by atoms with Crippen molar-refractivity contribution in [2.75, 3.05) is 13.2 Å². The van der Waals surface area contributed by atoms with Crippen LogP contribution in [0.2, 0.25) is 0 Å². The van der Waals surface area contributed by atoms with Crippen molar-refractivity contribution in [3.63, 3.8) is 0 Å². The van der Waals surface area contributed by atoms with Crippen LogP contribution in [0.3, 0.4) is 0 Å². The molecule has 1 aromatic rings. The lowest BCUT2D eigenvalue weighted by atomic mass is 10.2. The molecule has 0 amide bonds. The summed E-state index contributed by atoms with van der Waals surface area (Å²) in [6, 6.07) is 5.93. The highest BCUT2D eigenvalue weighted by Crippen LogP contribution is 2.33. The molecule has 17 heavy (non-hydrogen) atoms. The Labute approximate surface area is 114 Å². The fourth-order valence-corrected chi connectivity index (χ4v) is 3.38. The molecule has 1 aliphatic rings. The van der Waals surface area contributed by atoms with Gasteiger partial charge in [0.2, 0.25) is 0 Å². The Morgan fingerprint density at radius 1 is 1.41 bits per heavy atom. The highest BCUT2D eigenvalue weighted by molar-refractivity contribution is 9.10. The fourth-order valence-electron chi connectivity index (χ4n) is 1.79. The molecule has 92 valence electrons. The molecule has 0 atom stereocenters. The molecule has 3 nitrogen and oxygen atoms in total. The van der Waals surface area contributed by atoms with Crippen molar-refractivity contribution in [2.24, 2.45) is 5.73 Å². The molecule has 0 bridgehead atoms. The summed E-state index contributed by atoms with van der Waals surface area (Å²) in [7, 11) is 0. The molecular formula is C12H15BrN2OS. The van der Waals surface area contributed by atoms with Crippen LogP contribution >= 0.6 is 27.7 Å². The van der Waals surface area contributed by atoms with Crippen LogP contribution in [0, 0.1) is 5.41 Å². The van der Waals surface area contributed by atoms with E-state index in [1.54, 1.807) is 11.8 Å². The first-order valence-electron chi connectivity index (χ1n) is 5.55. The molecule has 1 aliphatic heterocycles. The zero-order valence-electron chi connectivity index (χ0n) is 9.41. The highest BCUT2D eigenvalue weighted by atomic mass is 79.9. The third-order valence-electron chi connectivity index (χ3n) is 2.69. The molecule has 5 heteroatoms. The predicted molar refractivity (Wildman–Crippen MR) is 74.9 cm³/mol. The molecule has 1 aromatic carbocycles. The van der Waals surface area contributed by atoms with Gasteiger partial charge in [0.1, 0.15) is 5.84 Å². The van der Waals surface area contributed by atoms with Gasteiger partial charge in [0.25, 0.3) is 0 Å². The molecular weight excluding hydrogens is 300 g/mol. The van der Waals surface area contributed by atoms with E-state index in [1.165, 1.54) is 0 Å². The number of nitrogens with two attached hydrogens (primary N) is 1. The van der Waals surface area contributed by atoms with E-state index < -0.39 is 0 Å². The highest BCUT2D eigenvalue weighted by Gasteiger charge is 2.17. The summed E-state index contributed by atoms with van der Waals surface area (Å²) in [5, 5.41) is 8.18. The summed E-state index contributed by atoms with van der Waals surface area (Å²) in [6.07, 6.45) is 2.14. The van der Waals surface area contributed by atoms with E-state index in [0.29, 0.717) is 5.25 Å². The Balaban J connectivity index is 2.16. The normalized spacial score (nSPS) is 17.0. The van der Waals surface area contributed by atoms with E-state index in [4.69, 9.17) is 15.9 Å². The van der Waals surface area contributed by atoms with E-state index >= 15 is 0 Å². The molecule has 0 aromatic heterocycles. The maximum Gasteiger partial charge on any atom is 0.123 e. The second kappa shape index (κ2) is 5.89. The zero-order chi connectivity index (χ0) is 12.3. The minimum atomic E-state index is 0.126. The minimum Gasteiger partial charge on any atom is -0.384 e. The summed E-state index contributed by atoms with van der Waals surface area (Å²) in [5.74, 6) is 0.126. The van der Waals surface area contributed by atoms with Gasteiger partial charge in [-0.15, -0.1) is 11.8 Å². The third-order valence-corrected chi connectivity index (χ3v) is 4.60. The average Bonchev–Trinajstić information content (AvgIpc) is 2.32. The standard InChI is InChI=1S/C12H15BrN2OS/c13-8-1-2-11(10(7-8)12(14)15)17-9-3-5-16-6-4-9/h1-2,7,9H,3-6H2,(H3,14,15). The van der Waals surface area contributed by atoms with Gasteiger partial charge in [0.05, 0.1) is 0 Å². The Bertz CT molecular complexity index is 419. The Morgan fingerprint density at radius 3 is 2.76 bits per heavy atom. The van der Waals surface area contributed by atoms with Crippen LogP contribution in [0.25, 0.3) is 0 Å². The minimum absolute atomic E-state index is 0.126. The largest absolute Gasteiger partial charge is 0.384 e. The summed E-state index contributed by atoms with van der Waals surface area (Å²) in [6.45, 7) is 1.67. The number of benzene rings is 1. The first-order chi connectivity index (χ1) is 8.16. The summed E-state index contributed by atoms with van der Waals surface area (Å²) < 4.78 is 6.30. The van der Waals surface area contributed by atoms with Gasteiger partial charge in [-0.05, 0) is 31.0 Å². The summed E-state index contributed by atoms with van der Waals surface area (Å²) >= 11 is 5.21. The van der Waals surface area contributed by atoms with Crippen LogP contribution in [0.15, 0.2) is 27.6 Å². The predicted octanol–water partition coefficient (Wildman–Crippen LogP) is 3.00. The molecule has 1 fully saturated rings. The van der Waals surface area contributed by atoms with Crippen molar-refractivity contribution in [1.29, 1.82) is 5.41 Å². The van der Waals surface area contributed by atoms with E-state index in [-0.39, 0.29) is 5.84 Å². The van der Waals surface area contributed by atoms with Crippen LogP contribution in [0.1, 0.15) is 18.4 Å². The van der Waals surface area contributed by atoms with E-state index in [9.17, 15) is 0 Å². The molecule has 3 N–H and O–H groups in total. The van der Waals surface area contributed by atoms with Gasteiger partial charge in [-0.3, -0.25) is 5.41 Å². The maximum atomic E-state index is 7.61. The van der Waals surface area contributed by atoms with Gasteiger partial charge in [-0.1, -0.05) is 15.9 Å². The lowest BCUT2D eigenvalue weighted by molar-refractivity contribution is 0.100. The van der Waals surface area contributed by atoms with Gasteiger partial charge in [0.15, 0.2) is 0 Å².